The average Bonchev–Trinajstić information content (AvgIpc) is 2.71. The van der Waals surface area contributed by atoms with Gasteiger partial charge in [-0.1, -0.05) is 6.07 Å². The van der Waals surface area contributed by atoms with Crippen LogP contribution < -0.4 is 4.74 Å². The lowest BCUT2D eigenvalue weighted by molar-refractivity contribution is 0.0600. The van der Waals surface area contributed by atoms with Crippen LogP contribution in [0.2, 0.25) is 0 Å². The summed E-state index contributed by atoms with van der Waals surface area (Å²) in [5.41, 5.74) is 0.699. The summed E-state index contributed by atoms with van der Waals surface area (Å²) in [5.74, 6) is 0.247. The molecule has 0 spiro atoms. The van der Waals surface area contributed by atoms with Gasteiger partial charge in [0.05, 0.1) is 18.9 Å². The number of carbonyl (C=O) groups is 1. The van der Waals surface area contributed by atoms with E-state index in [2.05, 4.69) is 9.72 Å². The number of benzene rings is 1. The van der Waals surface area contributed by atoms with Gasteiger partial charge in [0.1, 0.15) is 11.3 Å². The molecule has 0 atom stereocenters. The summed E-state index contributed by atoms with van der Waals surface area (Å²) >= 11 is 1.29. The van der Waals surface area contributed by atoms with Gasteiger partial charge in [-0.05, 0) is 12.1 Å². The number of methoxy groups -OCH3 is 2. The lowest BCUT2D eigenvalue weighted by atomic mass is 10.3. The number of hydrogen-bond donors (Lipinski definition) is 0. The fourth-order valence-electron chi connectivity index (χ4n) is 1.26. The summed E-state index contributed by atoms with van der Waals surface area (Å²) in [6, 6.07) is 5.56. The molecular formula is C10H9NO3S. The van der Waals surface area contributed by atoms with Gasteiger partial charge in [0.2, 0.25) is 5.01 Å². The molecular weight excluding hydrogens is 214 g/mol. The summed E-state index contributed by atoms with van der Waals surface area (Å²) in [7, 11) is 2.91. The first-order valence-corrected chi connectivity index (χ1v) is 5.09. The van der Waals surface area contributed by atoms with Gasteiger partial charge in [-0.25, -0.2) is 9.78 Å². The highest BCUT2D eigenvalue weighted by Gasteiger charge is 2.14. The molecule has 0 N–H and O–H groups in total. The number of rotatable bonds is 2. The van der Waals surface area contributed by atoms with Crippen LogP contribution in [0.15, 0.2) is 18.2 Å². The molecule has 0 aliphatic carbocycles. The number of nitrogens with zero attached hydrogens (tertiary/aromatic N) is 1. The highest BCUT2D eigenvalue weighted by molar-refractivity contribution is 7.20. The van der Waals surface area contributed by atoms with Crippen LogP contribution in [0.4, 0.5) is 0 Å². The van der Waals surface area contributed by atoms with Crippen LogP contribution in [0.3, 0.4) is 0 Å². The Balaban J connectivity index is 2.60. The summed E-state index contributed by atoms with van der Waals surface area (Å²) in [6.07, 6.45) is 0. The zero-order valence-electron chi connectivity index (χ0n) is 8.31. The average molecular weight is 223 g/mol. The number of ether oxygens (including phenoxy) is 2. The van der Waals surface area contributed by atoms with Crippen LogP contribution in [-0.4, -0.2) is 25.2 Å². The van der Waals surface area contributed by atoms with Crippen molar-refractivity contribution in [3.63, 3.8) is 0 Å². The lowest BCUT2D eigenvalue weighted by Crippen LogP contribution is -1.99. The predicted molar refractivity (Wildman–Crippen MR) is 57.5 cm³/mol. The molecule has 78 valence electrons. The SMILES string of the molecule is COC(=O)c1nc2c(OC)cccc2s1. The molecule has 4 nitrogen and oxygen atoms in total. The maximum atomic E-state index is 11.3. The monoisotopic (exact) mass is 223 g/mol. The van der Waals surface area contributed by atoms with Crippen molar-refractivity contribution in [2.45, 2.75) is 0 Å². The number of fused-ring (bicyclic) bond motifs is 1. The van der Waals surface area contributed by atoms with Crippen molar-refractivity contribution < 1.29 is 14.3 Å². The Morgan fingerprint density at radius 2 is 2.20 bits per heavy atom. The van der Waals surface area contributed by atoms with Crippen LogP contribution in [0.1, 0.15) is 9.80 Å². The van der Waals surface area contributed by atoms with E-state index in [4.69, 9.17) is 4.74 Å². The van der Waals surface area contributed by atoms with E-state index >= 15 is 0 Å². The second-order valence-corrected chi connectivity index (χ2v) is 3.85. The molecule has 0 bridgehead atoms. The zero-order chi connectivity index (χ0) is 10.8. The topological polar surface area (TPSA) is 48.4 Å². The van der Waals surface area contributed by atoms with Crippen LogP contribution in [-0.2, 0) is 4.74 Å². The van der Waals surface area contributed by atoms with Crippen molar-refractivity contribution in [2.75, 3.05) is 14.2 Å². The molecule has 15 heavy (non-hydrogen) atoms. The van der Waals surface area contributed by atoms with Gasteiger partial charge < -0.3 is 9.47 Å². The van der Waals surface area contributed by atoms with Gasteiger partial charge in [0.25, 0.3) is 0 Å². The molecule has 0 fully saturated rings. The first-order valence-electron chi connectivity index (χ1n) is 4.28. The Labute approximate surface area is 90.5 Å². The minimum Gasteiger partial charge on any atom is -0.494 e. The van der Waals surface area contributed by atoms with Crippen molar-refractivity contribution in [1.82, 2.24) is 4.98 Å². The number of esters is 1. The van der Waals surface area contributed by atoms with Gasteiger partial charge in [-0.15, -0.1) is 11.3 Å². The van der Waals surface area contributed by atoms with E-state index in [1.165, 1.54) is 18.4 Å². The molecule has 5 heteroatoms. The predicted octanol–water partition coefficient (Wildman–Crippen LogP) is 2.09. The van der Waals surface area contributed by atoms with E-state index in [1.54, 1.807) is 7.11 Å². The summed E-state index contributed by atoms with van der Waals surface area (Å²) in [6.45, 7) is 0. The maximum Gasteiger partial charge on any atom is 0.367 e. The third-order valence-corrected chi connectivity index (χ3v) is 2.96. The Hall–Kier alpha value is -1.62. The van der Waals surface area contributed by atoms with Gasteiger partial charge in [0, 0.05) is 0 Å². The van der Waals surface area contributed by atoms with Gasteiger partial charge in [-0.2, -0.15) is 0 Å². The van der Waals surface area contributed by atoms with E-state index in [0.29, 0.717) is 16.3 Å². The minimum atomic E-state index is -0.418. The smallest absolute Gasteiger partial charge is 0.367 e. The van der Waals surface area contributed by atoms with Crippen molar-refractivity contribution in [2.24, 2.45) is 0 Å². The Bertz CT molecular complexity index is 506. The fraction of sp³-hybridized carbons (Fsp3) is 0.200. The van der Waals surface area contributed by atoms with Gasteiger partial charge >= 0.3 is 5.97 Å². The normalized spacial score (nSPS) is 10.3. The van der Waals surface area contributed by atoms with Gasteiger partial charge in [-0.3, -0.25) is 0 Å². The number of aromatic nitrogens is 1. The van der Waals surface area contributed by atoms with E-state index in [-0.39, 0.29) is 0 Å². The Morgan fingerprint density at radius 1 is 1.40 bits per heavy atom. The van der Waals surface area contributed by atoms with Gasteiger partial charge in [0.15, 0.2) is 0 Å². The molecule has 0 radical (unpaired) electrons. The molecule has 1 aromatic carbocycles. The maximum absolute atomic E-state index is 11.3. The van der Waals surface area contributed by atoms with Crippen molar-refractivity contribution in [1.29, 1.82) is 0 Å². The van der Waals surface area contributed by atoms with Crippen molar-refractivity contribution in [3.8, 4) is 5.75 Å². The molecule has 0 aliphatic rings. The number of thiazole rings is 1. The van der Waals surface area contributed by atoms with E-state index in [0.717, 1.165) is 4.70 Å². The highest BCUT2D eigenvalue weighted by Crippen LogP contribution is 2.29. The third kappa shape index (κ3) is 1.66. The number of para-hydroxylation sites is 1. The number of carbonyl (C=O) groups excluding carboxylic acids is 1. The first-order chi connectivity index (χ1) is 7.26. The lowest BCUT2D eigenvalue weighted by Gasteiger charge is -1.97. The van der Waals surface area contributed by atoms with E-state index in [1.807, 2.05) is 18.2 Å². The molecule has 0 saturated heterocycles. The molecule has 1 heterocycles. The molecule has 0 aliphatic heterocycles. The van der Waals surface area contributed by atoms with E-state index in [9.17, 15) is 4.79 Å². The molecule has 2 aromatic rings. The minimum absolute atomic E-state index is 0.344. The summed E-state index contributed by atoms with van der Waals surface area (Å²) < 4.78 is 10.7. The quantitative estimate of drug-likeness (QED) is 0.731. The van der Waals surface area contributed by atoms with Crippen molar-refractivity contribution >= 4 is 27.5 Å². The van der Waals surface area contributed by atoms with Crippen LogP contribution >= 0.6 is 11.3 Å². The Morgan fingerprint density at radius 3 is 2.87 bits per heavy atom. The molecule has 0 unspecified atom stereocenters. The fourth-order valence-corrected chi connectivity index (χ4v) is 2.16. The molecule has 1 aromatic heterocycles. The Kier molecular flexibility index (Phi) is 2.55. The molecule has 2 rings (SSSR count). The second-order valence-electron chi connectivity index (χ2n) is 2.82. The van der Waals surface area contributed by atoms with E-state index < -0.39 is 5.97 Å². The largest absolute Gasteiger partial charge is 0.494 e. The second kappa shape index (κ2) is 3.86. The third-order valence-electron chi connectivity index (χ3n) is 1.96. The summed E-state index contributed by atoms with van der Waals surface area (Å²) in [5, 5.41) is 0.344. The van der Waals surface area contributed by atoms with Crippen LogP contribution in [0.5, 0.6) is 5.75 Å². The first kappa shape index (κ1) is 9.92. The molecule has 0 amide bonds. The standard InChI is InChI=1S/C10H9NO3S/c1-13-6-4-3-5-7-8(6)11-9(15-7)10(12)14-2/h3-5H,1-2H3. The molecule has 0 saturated carbocycles. The van der Waals surface area contributed by atoms with Crippen LogP contribution in [0.25, 0.3) is 10.2 Å². The zero-order valence-corrected chi connectivity index (χ0v) is 9.13. The highest BCUT2D eigenvalue weighted by atomic mass is 32.1. The number of hydrogen-bond acceptors (Lipinski definition) is 5. The van der Waals surface area contributed by atoms with Crippen LogP contribution in [0, 0.1) is 0 Å². The summed E-state index contributed by atoms with van der Waals surface area (Å²) in [4.78, 5) is 15.4. The van der Waals surface area contributed by atoms with Crippen molar-refractivity contribution in [3.05, 3.63) is 23.2 Å².